The number of rotatable bonds is 9. The van der Waals surface area contributed by atoms with Crippen molar-refractivity contribution < 1.29 is 9.84 Å². The molecular formula is C10H24N2O2. The lowest BCUT2D eigenvalue weighted by atomic mass is 9.95. The number of hydrogen-bond acceptors (Lipinski definition) is 4. The van der Waals surface area contributed by atoms with Crippen LogP contribution in [0.25, 0.3) is 0 Å². The topological polar surface area (TPSA) is 67.5 Å². The Bertz CT molecular complexity index is 129. The highest BCUT2D eigenvalue weighted by atomic mass is 16.5. The number of aliphatic hydroxyl groups is 1. The maximum atomic E-state index is 8.53. The van der Waals surface area contributed by atoms with Crippen LogP contribution in [-0.2, 0) is 4.74 Å². The van der Waals surface area contributed by atoms with Gasteiger partial charge in [0.1, 0.15) is 0 Å². The molecule has 0 atom stereocenters. The second kappa shape index (κ2) is 8.17. The van der Waals surface area contributed by atoms with Crippen molar-refractivity contribution in [2.75, 3.05) is 33.0 Å². The van der Waals surface area contributed by atoms with E-state index in [0.29, 0.717) is 19.9 Å². The van der Waals surface area contributed by atoms with E-state index in [0.717, 1.165) is 19.4 Å². The molecule has 0 saturated heterocycles. The summed E-state index contributed by atoms with van der Waals surface area (Å²) in [6.07, 6.45) is 1.83. The summed E-state index contributed by atoms with van der Waals surface area (Å²) in [6.45, 7) is 7.20. The van der Waals surface area contributed by atoms with Gasteiger partial charge in [-0.1, -0.05) is 13.8 Å². The molecular weight excluding hydrogens is 180 g/mol. The predicted octanol–water partition coefficient (Wildman–Crippen LogP) is 0.308. The maximum absolute atomic E-state index is 8.53. The Morgan fingerprint density at radius 3 is 2.64 bits per heavy atom. The average molecular weight is 204 g/mol. The van der Waals surface area contributed by atoms with Crippen LogP contribution in [0.15, 0.2) is 0 Å². The number of aliphatic hydroxyl groups excluding tert-OH is 1. The summed E-state index contributed by atoms with van der Waals surface area (Å²) >= 11 is 0. The summed E-state index contributed by atoms with van der Waals surface area (Å²) in [5, 5.41) is 11.7. The normalized spacial score (nSPS) is 12.0. The molecule has 0 aromatic heterocycles. The van der Waals surface area contributed by atoms with Gasteiger partial charge >= 0.3 is 0 Å². The van der Waals surface area contributed by atoms with Crippen LogP contribution < -0.4 is 11.1 Å². The molecule has 0 unspecified atom stereocenters. The van der Waals surface area contributed by atoms with Crippen molar-refractivity contribution in [2.45, 2.75) is 26.7 Å². The molecule has 0 amide bonds. The van der Waals surface area contributed by atoms with E-state index < -0.39 is 0 Å². The van der Waals surface area contributed by atoms with Gasteiger partial charge in [0.15, 0.2) is 0 Å². The van der Waals surface area contributed by atoms with E-state index in [2.05, 4.69) is 19.2 Å². The number of unbranched alkanes of at least 4 members (excludes halogenated alkanes) is 1. The molecule has 4 nitrogen and oxygen atoms in total. The van der Waals surface area contributed by atoms with E-state index in [-0.39, 0.29) is 12.0 Å². The molecule has 0 aromatic carbocycles. The van der Waals surface area contributed by atoms with Crippen LogP contribution in [0.3, 0.4) is 0 Å². The first-order valence-electron chi connectivity index (χ1n) is 5.22. The minimum Gasteiger partial charge on any atom is -0.396 e. The minimum absolute atomic E-state index is 0.0623. The Morgan fingerprint density at radius 2 is 2.07 bits per heavy atom. The van der Waals surface area contributed by atoms with Gasteiger partial charge in [0, 0.05) is 12.0 Å². The summed E-state index contributed by atoms with van der Waals surface area (Å²) in [5.74, 6) is 0. The van der Waals surface area contributed by atoms with Gasteiger partial charge in [0.25, 0.3) is 0 Å². The number of nitrogens with one attached hydrogen (secondary N) is 1. The Hall–Kier alpha value is -0.160. The minimum atomic E-state index is 0.0623. The predicted molar refractivity (Wildman–Crippen MR) is 58.0 cm³/mol. The van der Waals surface area contributed by atoms with Crippen LogP contribution in [0.5, 0.6) is 0 Å². The first-order valence-corrected chi connectivity index (χ1v) is 5.22. The standard InChI is InChI=1S/C10H24N2O2/c1-10(2,7-11)8-14-9-12-5-3-4-6-13/h12-13H,3-9,11H2,1-2H3. The van der Waals surface area contributed by atoms with Gasteiger partial charge in [-0.15, -0.1) is 0 Å². The third-order valence-electron chi connectivity index (χ3n) is 2.01. The molecule has 0 bridgehead atoms. The van der Waals surface area contributed by atoms with E-state index in [1.165, 1.54) is 0 Å². The van der Waals surface area contributed by atoms with Crippen molar-refractivity contribution in [1.29, 1.82) is 0 Å². The van der Waals surface area contributed by atoms with Crippen molar-refractivity contribution in [3.8, 4) is 0 Å². The van der Waals surface area contributed by atoms with Crippen LogP contribution >= 0.6 is 0 Å². The monoisotopic (exact) mass is 204 g/mol. The van der Waals surface area contributed by atoms with Crippen molar-refractivity contribution in [3.05, 3.63) is 0 Å². The smallest absolute Gasteiger partial charge is 0.0965 e. The molecule has 0 heterocycles. The van der Waals surface area contributed by atoms with Crippen molar-refractivity contribution >= 4 is 0 Å². The van der Waals surface area contributed by atoms with Gasteiger partial charge in [-0.05, 0) is 25.9 Å². The van der Waals surface area contributed by atoms with Gasteiger partial charge in [-0.3, -0.25) is 5.32 Å². The summed E-state index contributed by atoms with van der Waals surface area (Å²) in [7, 11) is 0. The van der Waals surface area contributed by atoms with Crippen molar-refractivity contribution in [2.24, 2.45) is 11.1 Å². The first kappa shape index (κ1) is 13.8. The van der Waals surface area contributed by atoms with E-state index >= 15 is 0 Å². The van der Waals surface area contributed by atoms with Crippen molar-refractivity contribution in [3.63, 3.8) is 0 Å². The second-order valence-electron chi connectivity index (χ2n) is 4.29. The molecule has 0 aliphatic rings. The highest BCUT2D eigenvalue weighted by molar-refractivity contribution is 4.67. The Kier molecular flexibility index (Phi) is 8.08. The van der Waals surface area contributed by atoms with E-state index in [4.69, 9.17) is 15.6 Å². The Labute approximate surface area is 86.8 Å². The fourth-order valence-corrected chi connectivity index (χ4v) is 0.892. The zero-order valence-electron chi connectivity index (χ0n) is 9.38. The van der Waals surface area contributed by atoms with Crippen LogP contribution in [0.2, 0.25) is 0 Å². The van der Waals surface area contributed by atoms with Gasteiger partial charge in [0.2, 0.25) is 0 Å². The van der Waals surface area contributed by atoms with Crippen LogP contribution in [-0.4, -0.2) is 38.1 Å². The van der Waals surface area contributed by atoms with Crippen molar-refractivity contribution in [1.82, 2.24) is 5.32 Å². The van der Waals surface area contributed by atoms with E-state index in [1.54, 1.807) is 0 Å². The van der Waals surface area contributed by atoms with Gasteiger partial charge in [-0.2, -0.15) is 0 Å². The summed E-state index contributed by atoms with van der Waals surface area (Å²) in [5.41, 5.74) is 5.62. The van der Waals surface area contributed by atoms with Crippen LogP contribution in [0.4, 0.5) is 0 Å². The van der Waals surface area contributed by atoms with E-state index in [1.807, 2.05) is 0 Å². The lowest BCUT2D eigenvalue weighted by molar-refractivity contribution is 0.0545. The Morgan fingerprint density at radius 1 is 1.36 bits per heavy atom. The van der Waals surface area contributed by atoms with Crippen LogP contribution in [0, 0.1) is 5.41 Å². The third-order valence-corrected chi connectivity index (χ3v) is 2.01. The second-order valence-corrected chi connectivity index (χ2v) is 4.29. The average Bonchev–Trinajstić information content (AvgIpc) is 2.16. The molecule has 0 saturated carbocycles. The molecule has 0 aliphatic carbocycles. The maximum Gasteiger partial charge on any atom is 0.0965 e. The summed E-state index contributed by atoms with van der Waals surface area (Å²) in [6, 6.07) is 0. The van der Waals surface area contributed by atoms with Gasteiger partial charge in [-0.25, -0.2) is 0 Å². The molecule has 14 heavy (non-hydrogen) atoms. The number of nitrogens with two attached hydrogens (primary N) is 1. The van der Waals surface area contributed by atoms with Gasteiger partial charge in [0.05, 0.1) is 13.3 Å². The Balaban J connectivity index is 3.13. The fraction of sp³-hybridized carbons (Fsp3) is 1.00. The fourth-order valence-electron chi connectivity index (χ4n) is 0.892. The molecule has 0 spiro atoms. The zero-order chi connectivity index (χ0) is 10.9. The molecule has 0 radical (unpaired) electrons. The molecule has 0 rings (SSSR count). The quantitative estimate of drug-likeness (QED) is 0.373. The summed E-state index contributed by atoms with van der Waals surface area (Å²) in [4.78, 5) is 0. The molecule has 86 valence electrons. The molecule has 0 aliphatic heterocycles. The summed E-state index contributed by atoms with van der Waals surface area (Å²) < 4.78 is 5.42. The lowest BCUT2D eigenvalue weighted by Gasteiger charge is -2.21. The highest BCUT2D eigenvalue weighted by Gasteiger charge is 2.14. The van der Waals surface area contributed by atoms with Gasteiger partial charge < -0.3 is 15.6 Å². The first-order chi connectivity index (χ1) is 6.62. The highest BCUT2D eigenvalue weighted by Crippen LogP contribution is 2.11. The largest absolute Gasteiger partial charge is 0.396 e. The third kappa shape index (κ3) is 8.44. The number of ether oxygens (including phenoxy) is 1. The van der Waals surface area contributed by atoms with Crippen LogP contribution in [0.1, 0.15) is 26.7 Å². The molecule has 0 fully saturated rings. The zero-order valence-corrected chi connectivity index (χ0v) is 9.38. The lowest BCUT2D eigenvalue weighted by Crippen LogP contribution is -2.31. The van der Waals surface area contributed by atoms with E-state index in [9.17, 15) is 0 Å². The molecule has 4 heteroatoms. The molecule has 0 aromatic rings. The SMILES string of the molecule is CC(C)(CN)COCNCCCCO. The number of hydrogen-bond donors (Lipinski definition) is 3. The molecule has 4 N–H and O–H groups in total.